The molecule has 3 rings (SSSR count). The molecule has 0 aromatic heterocycles. The smallest absolute Gasteiger partial charge is 0.271 e. The molecule has 1 aliphatic heterocycles. The largest absolute Gasteiger partial charge is 0.399 e. The molecule has 0 bridgehead atoms. The molecule has 0 saturated carbocycles. The van der Waals surface area contributed by atoms with Gasteiger partial charge >= 0.3 is 0 Å². The van der Waals surface area contributed by atoms with Crippen LogP contribution in [0.4, 0.5) is 22.7 Å². The van der Waals surface area contributed by atoms with Crippen molar-refractivity contribution >= 4 is 28.5 Å². The van der Waals surface area contributed by atoms with Crippen LogP contribution in [0.3, 0.4) is 0 Å². The second-order valence-corrected chi connectivity index (χ2v) is 4.49. The van der Waals surface area contributed by atoms with Crippen LogP contribution in [0, 0.1) is 10.1 Å². The van der Waals surface area contributed by atoms with E-state index in [1.807, 2.05) is 12.1 Å². The molecule has 0 spiro atoms. The van der Waals surface area contributed by atoms with Crippen molar-refractivity contribution in [1.29, 1.82) is 0 Å². The second kappa shape index (κ2) is 4.65. The Labute approximate surface area is 115 Å². The van der Waals surface area contributed by atoms with E-state index in [4.69, 9.17) is 5.73 Å². The number of fused-ring (bicyclic) bond motifs is 1. The first-order valence-electron chi connectivity index (χ1n) is 6.09. The molecule has 2 aromatic rings. The third-order valence-electron chi connectivity index (χ3n) is 3.14. The van der Waals surface area contributed by atoms with Crippen molar-refractivity contribution in [2.75, 3.05) is 17.6 Å². The number of aliphatic imine (C=N–C) groups is 1. The van der Waals surface area contributed by atoms with Crippen molar-refractivity contribution in [2.45, 2.75) is 0 Å². The summed E-state index contributed by atoms with van der Waals surface area (Å²) in [6, 6.07) is 12.0. The molecule has 20 heavy (non-hydrogen) atoms. The van der Waals surface area contributed by atoms with Gasteiger partial charge in [-0.2, -0.15) is 0 Å². The molecule has 0 aliphatic carbocycles. The number of nitrogen functional groups attached to an aromatic ring is 1. The molecule has 0 atom stereocenters. The minimum atomic E-state index is -0.423. The van der Waals surface area contributed by atoms with Crippen molar-refractivity contribution in [2.24, 2.45) is 4.99 Å². The summed E-state index contributed by atoms with van der Waals surface area (Å²) in [5.74, 6) is 0. The van der Waals surface area contributed by atoms with Crippen molar-refractivity contribution in [3.8, 4) is 0 Å². The molecule has 0 fully saturated rings. The molecule has 6 nitrogen and oxygen atoms in total. The van der Waals surface area contributed by atoms with Gasteiger partial charge < -0.3 is 11.1 Å². The van der Waals surface area contributed by atoms with E-state index in [0.29, 0.717) is 17.9 Å². The molecule has 6 heteroatoms. The molecular weight excluding hydrogens is 256 g/mol. The maximum Gasteiger partial charge on any atom is 0.271 e. The fourth-order valence-electron chi connectivity index (χ4n) is 2.08. The third kappa shape index (κ3) is 2.18. The lowest BCUT2D eigenvalue weighted by Crippen LogP contribution is -2.18. The minimum Gasteiger partial charge on any atom is -0.399 e. The van der Waals surface area contributed by atoms with Gasteiger partial charge in [-0.1, -0.05) is 12.1 Å². The molecule has 100 valence electrons. The van der Waals surface area contributed by atoms with E-state index < -0.39 is 4.92 Å². The summed E-state index contributed by atoms with van der Waals surface area (Å²) in [6.45, 7) is 0.578. The van der Waals surface area contributed by atoms with Gasteiger partial charge in [0.1, 0.15) is 0 Å². The van der Waals surface area contributed by atoms with Gasteiger partial charge in [-0.15, -0.1) is 0 Å². The molecule has 1 heterocycles. The van der Waals surface area contributed by atoms with Crippen LogP contribution < -0.4 is 11.1 Å². The summed E-state index contributed by atoms with van der Waals surface area (Å²) >= 11 is 0. The molecule has 0 radical (unpaired) electrons. The van der Waals surface area contributed by atoms with E-state index in [1.165, 1.54) is 12.1 Å². The molecule has 1 aliphatic rings. The Hall–Kier alpha value is -2.89. The van der Waals surface area contributed by atoms with E-state index in [1.54, 1.807) is 18.2 Å². The van der Waals surface area contributed by atoms with Gasteiger partial charge in [-0.3, -0.25) is 10.1 Å². The molecule has 2 aromatic carbocycles. The summed E-state index contributed by atoms with van der Waals surface area (Å²) in [6.07, 6.45) is 0. The molecule has 0 amide bonds. The second-order valence-electron chi connectivity index (χ2n) is 4.49. The van der Waals surface area contributed by atoms with Gasteiger partial charge in [0.15, 0.2) is 0 Å². The number of hydrogen-bond donors (Lipinski definition) is 2. The number of nitrogens with two attached hydrogens (primary N) is 1. The van der Waals surface area contributed by atoms with Crippen LogP contribution in [0.25, 0.3) is 0 Å². The normalized spacial score (nSPS) is 13.1. The zero-order chi connectivity index (χ0) is 14.1. The first kappa shape index (κ1) is 12.2. The first-order chi connectivity index (χ1) is 9.63. The summed E-state index contributed by atoms with van der Waals surface area (Å²) in [7, 11) is 0. The monoisotopic (exact) mass is 268 g/mol. The van der Waals surface area contributed by atoms with E-state index in [9.17, 15) is 10.1 Å². The van der Waals surface area contributed by atoms with Gasteiger partial charge in [-0.25, -0.2) is 4.99 Å². The van der Waals surface area contributed by atoms with Gasteiger partial charge in [0.25, 0.3) is 5.69 Å². The van der Waals surface area contributed by atoms with E-state index in [0.717, 1.165) is 17.0 Å². The highest BCUT2D eigenvalue weighted by Gasteiger charge is 2.16. The number of nitro benzene ring substituents is 1. The van der Waals surface area contributed by atoms with Gasteiger partial charge in [0.05, 0.1) is 28.6 Å². The number of benzene rings is 2. The highest BCUT2D eigenvalue weighted by molar-refractivity contribution is 6.07. The number of anilines is 2. The topological polar surface area (TPSA) is 93.5 Å². The fourth-order valence-corrected chi connectivity index (χ4v) is 2.08. The molecular formula is C14H12N4O2. The van der Waals surface area contributed by atoms with E-state index >= 15 is 0 Å². The maximum atomic E-state index is 10.8. The minimum absolute atomic E-state index is 0.0351. The highest BCUT2D eigenvalue weighted by atomic mass is 16.6. The van der Waals surface area contributed by atoms with Crippen LogP contribution in [-0.2, 0) is 0 Å². The van der Waals surface area contributed by atoms with Crippen LogP contribution >= 0.6 is 0 Å². The number of non-ortho nitro benzene ring substituents is 1. The van der Waals surface area contributed by atoms with E-state index in [2.05, 4.69) is 10.3 Å². The lowest BCUT2D eigenvalue weighted by atomic mass is 10.1. The van der Waals surface area contributed by atoms with Crippen LogP contribution in [0.5, 0.6) is 0 Å². The first-order valence-corrected chi connectivity index (χ1v) is 6.09. The molecule has 3 N–H and O–H groups in total. The van der Waals surface area contributed by atoms with Crippen molar-refractivity contribution in [3.63, 3.8) is 0 Å². The van der Waals surface area contributed by atoms with Crippen molar-refractivity contribution in [3.05, 3.63) is 58.1 Å². The van der Waals surface area contributed by atoms with Gasteiger partial charge in [-0.05, 0) is 23.8 Å². The lowest BCUT2D eigenvalue weighted by molar-refractivity contribution is -0.384. The molecule has 0 saturated heterocycles. The van der Waals surface area contributed by atoms with Crippen LogP contribution in [0.1, 0.15) is 5.56 Å². The Kier molecular flexibility index (Phi) is 2.83. The van der Waals surface area contributed by atoms with Crippen LogP contribution in [0.2, 0.25) is 0 Å². The Morgan fingerprint density at radius 1 is 1.20 bits per heavy atom. The average molecular weight is 268 g/mol. The Morgan fingerprint density at radius 2 is 1.95 bits per heavy atom. The highest BCUT2D eigenvalue weighted by Crippen LogP contribution is 2.32. The summed E-state index contributed by atoms with van der Waals surface area (Å²) in [4.78, 5) is 14.9. The number of hydrogen-bond acceptors (Lipinski definition) is 5. The number of rotatable bonds is 2. The summed E-state index contributed by atoms with van der Waals surface area (Å²) in [5.41, 5.74) is 9.54. The quantitative estimate of drug-likeness (QED) is 0.497. The molecule has 0 unspecified atom stereocenters. The summed E-state index contributed by atoms with van der Waals surface area (Å²) in [5, 5.41) is 14.0. The zero-order valence-corrected chi connectivity index (χ0v) is 10.5. The third-order valence-corrected chi connectivity index (χ3v) is 3.14. The Bertz CT molecular complexity index is 708. The predicted molar refractivity (Wildman–Crippen MR) is 78.6 cm³/mol. The zero-order valence-electron chi connectivity index (χ0n) is 10.5. The predicted octanol–water partition coefficient (Wildman–Crippen LogP) is 2.72. The maximum absolute atomic E-state index is 10.8. The Balaban J connectivity index is 2.02. The lowest BCUT2D eigenvalue weighted by Gasteiger charge is -2.17. The van der Waals surface area contributed by atoms with Crippen molar-refractivity contribution < 1.29 is 4.92 Å². The number of nitrogens with one attached hydrogen (secondary N) is 1. The van der Waals surface area contributed by atoms with Crippen LogP contribution in [0.15, 0.2) is 47.5 Å². The van der Waals surface area contributed by atoms with Crippen LogP contribution in [-0.4, -0.2) is 17.2 Å². The fraction of sp³-hybridized carbons (Fsp3) is 0.0714. The van der Waals surface area contributed by atoms with Gasteiger partial charge in [0, 0.05) is 17.8 Å². The standard InChI is InChI=1S/C14H12N4O2/c15-10-3-1-9(2-4-10)14-8-16-12-6-5-11(18(19)20)7-13(12)17-14/h1-7,16H,8,15H2. The SMILES string of the molecule is Nc1ccc(C2=Nc3cc([N+](=O)[O-])ccc3NC2)cc1. The Morgan fingerprint density at radius 3 is 2.65 bits per heavy atom. The van der Waals surface area contributed by atoms with E-state index in [-0.39, 0.29) is 5.69 Å². The summed E-state index contributed by atoms with van der Waals surface area (Å²) < 4.78 is 0. The average Bonchev–Trinajstić information content (AvgIpc) is 2.47. The number of nitro groups is 1. The van der Waals surface area contributed by atoms with Gasteiger partial charge in [0.2, 0.25) is 0 Å². The van der Waals surface area contributed by atoms with Crippen molar-refractivity contribution in [1.82, 2.24) is 0 Å². The number of nitrogens with zero attached hydrogens (tertiary/aromatic N) is 2.